The quantitative estimate of drug-likeness (QED) is 0.748. The van der Waals surface area contributed by atoms with Crippen molar-refractivity contribution >= 4 is 11.7 Å². The van der Waals surface area contributed by atoms with Gasteiger partial charge in [0.05, 0.1) is 0 Å². The maximum atomic E-state index is 13.2. The van der Waals surface area contributed by atoms with Crippen molar-refractivity contribution in [2.24, 2.45) is 0 Å². The van der Waals surface area contributed by atoms with E-state index >= 15 is 0 Å². The van der Waals surface area contributed by atoms with Crippen molar-refractivity contribution in [3.63, 3.8) is 0 Å². The van der Waals surface area contributed by atoms with Crippen LogP contribution >= 0.6 is 0 Å². The molecule has 2 heterocycles. The molecule has 0 radical (unpaired) electrons. The van der Waals surface area contributed by atoms with Gasteiger partial charge in [-0.3, -0.25) is 4.79 Å². The second-order valence-electron chi connectivity index (χ2n) is 3.70. The van der Waals surface area contributed by atoms with Gasteiger partial charge in [0.1, 0.15) is 22.9 Å². The minimum absolute atomic E-state index is 0.0447. The molecule has 0 bridgehead atoms. The van der Waals surface area contributed by atoms with Crippen LogP contribution in [0.25, 0.3) is 0 Å². The number of aromatic hydroxyl groups is 1. The highest BCUT2D eigenvalue weighted by molar-refractivity contribution is 6.09. The van der Waals surface area contributed by atoms with Crippen molar-refractivity contribution in [1.82, 2.24) is 4.98 Å². The van der Waals surface area contributed by atoms with Gasteiger partial charge in [-0.05, 0) is 12.1 Å². The van der Waals surface area contributed by atoms with Crippen LogP contribution in [-0.2, 0) is 0 Å². The van der Waals surface area contributed by atoms with Crippen molar-refractivity contribution in [3.05, 3.63) is 41.8 Å². The first kappa shape index (κ1) is 10.5. The number of aromatic nitrogens is 1. The van der Waals surface area contributed by atoms with Crippen LogP contribution in [-0.4, -0.2) is 16.0 Å². The van der Waals surface area contributed by atoms with Gasteiger partial charge in [-0.1, -0.05) is 0 Å². The zero-order valence-corrected chi connectivity index (χ0v) is 8.98. The predicted octanol–water partition coefficient (Wildman–Crippen LogP) is 2.28. The van der Waals surface area contributed by atoms with Crippen LogP contribution in [0, 0.1) is 5.82 Å². The first-order chi connectivity index (χ1) is 8.65. The third kappa shape index (κ3) is 1.55. The van der Waals surface area contributed by atoms with E-state index in [1.54, 1.807) is 12.1 Å². The van der Waals surface area contributed by atoms with Crippen molar-refractivity contribution < 1.29 is 19.0 Å². The van der Waals surface area contributed by atoms with Crippen molar-refractivity contribution in [2.45, 2.75) is 0 Å². The van der Waals surface area contributed by atoms with Gasteiger partial charge in [-0.15, -0.1) is 0 Å². The number of nitrogens with zero attached hydrogens (tertiary/aromatic N) is 1. The van der Waals surface area contributed by atoms with Gasteiger partial charge >= 0.3 is 0 Å². The number of hydrogen-bond acceptors (Lipinski definition) is 4. The first-order valence-corrected chi connectivity index (χ1v) is 5.12. The molecule has 1 amide bonds. The summed E-state index contributed by atoms with van der Waals surface area (Å²) in [6.07, 6.45) is 1.49. The largest absolute Gasteiger partial charge is 0.507 e. The van der Waals surface area contributed by atoms with Gasteiger partial charge < -0.3 is 15.2 Å². The van der Waals surface area contributed by atoms with E-state index in [1.807, 2.05) is 0 Å². The van der Waals surface area contributed by atoms with Gasteiger partial charge in [0.25, 0.3) is 5.91 Å². The molecule has 0 atom stereocenters. The Morgan fingerprint density at radius 2 is 2.17 bits per heavy atom. The predicted molar refractivity (Wildman–Crippen MR) is 60.3 cm³/mol. The van der Waals surface area contributed by atoms with E-state index in [2.05, 4.69) is 10.3 Å². The summed E-state index contributed by atoms with van der Waals surface area (Å²) in [5.41, 5.74) is -0.116. The van der Waals surface area contributed by atoms with E-state index in [-0.39, 0.29) is 22.9 Å². The Bertz CT molecular complexity index is 658. The van der Waals surface area contributed by atoms with Crippen LogP contribution in [0.3, 0.4) is 0 Å². The number of fused-ring (bicyclic) bond motifs is 2. The fraction of sp³-hybridized carbons (Fsp3) is 0. The van der Waals surface area contributed by atoms with Crippen LogP contribution in [0.15, 0.2) is 30.5 Å². The molecule has 0 fully saturated rings. The molecule has 1 aromatic heterocycles. The molecule has 1 aliphatic heterocycles. The molecule has 3 rings (SSSR count). The Morgan fingerprint density at radius 1 is 1.33 bits per heavy atom. The number of anilines is 1. The molecule has 90 valence electrons. The van der Waals surface area contributed by atoms with Gasteiger partial charge in [-0.2, -0.15) is 0 Å². The Hall–Kier alpha value is -2.63. The fourth-order valence-corrected chi connectivity index (χ4v) is 1.73. The van der Waals surface area contributed by atoms with Gasteiger partial charge in [0, 0.05) is 18.3 Å². The summed E-state index contributed by atoms with van der Waals surface area (Å²) >= 11 is 0. The number of ether oxygens (including phenoxy) is 1. The summed E-state index contributed by atoms with van der Waals surface area (Å²) in [5.74, 6) is -1.30. The maximum Gasteiger partial charge on any atom is 0.264 e. The summed E-state index contributed by atoms with van der Waals surface area (Å²) in [4.78, 5) is 15.8. The molecular weight excluding hydrogens is 239 g/mol. The van der Waals surface area contributed by atoms with Gasteiger partial charge in [0.2, 0.25) is 0 Å². The second kappa shape index (κ2) is 3.69. The van der Waals surface area contributed by atoms with Crippen LogP contribution in [0.5, 0.6) is 17.2 Å². The molecule has 0 saturated carbocycles. The number of halogens is 1. The molecule has 0 aliphatic carbocycles. The van der Waals surface area contributed by atoms with Crippen molar-refractivity contribution in [2.75, 3.05) is 5.32 Å². The Kier molecular flexibility index (Phi) is 2.16. The van der Waals surface area contributed by atoms with E-state index < -0.39 is 17.5 Å². The molecule has 2 N–H and O–H groups in total. The summed E-state index contributed by atoms with van der Waals surface area (Å²) in [6, 6.07) is 5.09. The maximum absolute atomic E-state index is 13.2. The lowest BCUT2D eigenvalue weighted by Crippen LogP contribution is -2.11. The second-order valence-corrected chi connectivity index (χ2v) is 3.70. The number of nitrogens with one attached hydrogen (secondary N) is 1. The highest BCUT2D eigenvalue weighted by atomic mass is 19.1. The number of phenolic OH excluding ortho intramolecular Hbond substituents is 1. The molecule has 5 nitrogen and oxygen atoms in total. The molecule has 18 heavy (non-hydrogen) atoms. The average molecular weight is 246 g/mol. The number of amides is 1. The topological polar surface area (TPSA) is 71.5 Å². The summed E-state index contributed by atoms with van der Waals surface area (Å²) < 4.78 is 18.6. The third-order valence-electron chi connectivity index (χ3n) is 2.50. The lowest BCUT2D eigenvalue weighted by Gasteiger charge is -2.07. The van der Waals surface area contributed by atoms with E-state index in [1.165, 1.54) is 6.20 Å². The minimum Gasteiger partial charge on any atom is -0.507 e. The van der Waals surface area contributed by atoms with Gasteiger partial charge in [0.15, 0.2) is 11.6 Å². The van der Waals surface area contributed by atoms with Crippen LogP contribution in [0.2, 0.25) is 0 Å². The molecule has 6 heteroatoms. The zero-order chi connectivity index (χ0) is 12.7. The third-order valence-corrected chi connectivity index (χ3v) is 2.50. The summed E-state index contributed by atoms with van der Waals surface area (Å²) in [7, 11) is 0. The fourth-order valence-electron chi connectivity index (χ4n) is 1.73. The zero-order valence-electron chi connectivity index (χ0n) is 8.98. The molecule has 0 saturated heterocycles. The molecule has 0 spiro atoms. The Morgan fingerprint density at radius 3 is 3.00 bits per heavy atom. The van der Waals surface area contributed by atoms with Crippen LogP contribution in [0.1, 0.15) is 10.4 Å². The minimum atomic E-state index is -0.689. The number of pyridine rings is 1. The van der Waals surface area contributed by atoms with Crippen molar-refractivity contribution in [3.8, 4) is 17.2 Å². The monoisotopic (exact) mass is 246 g/mol. The Labute approximate surface area is 101 Å². The Balaban J connectivity index is 2.23. The van der Waals surface area contributed by atoms with Gasteiger partial charge in [-0.25, -0.2) is 9.37 Å². The lowest BCUT2D eigenvalue weighted by molar-refractivity contribution is 0.102. The highest BCUT2D eigenvalue weighted by Gasteiger charge is 2.25. The average Bonchev–Trinajstić information content (AvgIpc) is 2.43. The molecule has 2 aromatic rings. The molecular formula is C12H7FN2O3. The molecule has 1 aliphatic rings. The van der Waals surface area contributed by atoms with E-state index in [0.29, 0.717) is 0 Å². The number of phenols is 1. The SMILES string of the molecule is O=C1Nc2ncccc2Oc2cc(F)cc(O)c21. The summed E-state index contributed by atoms with van der Waals surface area (Å²) in [6.45, 7) is 0. The molecule has 1 aromatic carbocycles. The van der Waals surface area contributed by atoms with Crippen molar-refractivity contribution in [1.29, 1.82) is 0 Å². The van der Waals surface area contributed by atoms with Crippen LogP contribution < -0.4 is 10.1 Å². The van der Waals surface area contributed by atoms with Crippen LogP contribution in [0.4, 0.5) is 10.2 Å². The van der Waals surface area contributed by atoms with E-state index in [4.69, 9.17) is 4.74 Å². The first-order valence-electron chi connectivity index (χ1n) is 5.12. The lowest BCUT2D eigenvalue weighted by atomic mass is 10.1. The number of carbonyl (C=O) groups is 1. The summed E-state index contributed by atoms with van der Waals surface area (Å²) in [5, 5.41) is 12.1. The standard InChI is InChI=1S/C12H7FN2O3/c13-6-4-7(16)10-9(5-6)18-8-2-1-3-14-11(8)15-12(10)17/h1-5,16H,(H,14,15,17). The number of rotatable bonds is 0. The normalized spacial score (nSPS) is 12.8. The number of carbonyl (C=O) groups excluding carboxylic acids is 1. The number of benzene rings is 1. The van der Waals surface area contributed by atoms with E-state index in [0.717, 1.165) is 12.1 Å². The van der Waals surface area contributed by atoms with E-state index in [9.17, 15) is 14.3 Å². The molecule has 0 unspecified atom stereocenters. The smallest absolute Gasteiger partial charge is 0.264 e. The highest BCUT2D eigenvalue weighted by Crippen LogP contribution is 2.38. The number of hydrogen-bond donors (Lipinski definition) is 2.